The van der Waals surface area contributed by atoms with Gasteiger partial charge in [-0.25, -0.2) is 0 Å². The second-order valence-corrected chi connectivity index (χ2v) is 5.84. The zero-order chi connectivity index (χ0) is 12.3. The van der Waals surface area contributed by atoms with Crippen LogP contribution in [0.1, 0.15) is 26.2 Å². The van der Waals surface area contributed by atoms with Gasteiger partial charge in [0.25, 0.3) is 0 Å². The van der Waals surface area contributed by atoms with Crippen LogP contribution in [-0.2, 0) is 4.74 Å². The van der Waals surface area contributed by atoms with Gasteiger partial charge >= 0.3 is 0 Å². The summed E-state index contributed by atoms with van der Waals surface area (Å²) >= 11 is 0. The van der Waals surface area contributed by atoms with Crippen molar-refractivity contribution in [1.82, 2.24) is 10.2 Å². The number of nitrogens with zero attached hydrogens (tertiary/aromatic N) is 1. The Morgan fingerprint density at radius 2 is 2.18 bits per heavy atom. The van der Waals surface area contributed by atoms with Gasteiger partial charge in [-0.3, -0.25) is 0 Å². The molecule has 2 rings (SSSR count). The van der Waals surface area contributed by atoms with Gasteiger partial charge in [0.15, 0.2) is 0 Å². The predicted octanol–water partition coefficient (Wildman–Crippen LogP) is 0.458. The fourth-order valence-electron chi connectivity index (χ4n) is 2.78. The number of aliphatic hydroxyl groups is 1. The van der Waals surface area contributed by atoms with Crippen LogP contribution in [-0.4, -0.2) is 61.5 Å². The van der Waals surface area contributed by atoms with Crippen molar-refractivity contribution in [3.8, 4) is 0 Å². The van der Waals surface area contributed by atoms with Crippen molar-refractivity contribution in [1.29, 1.82) is 0 Å². The molecule has 0 radical (unpaired) electrons. The Labute approximate surface area is 104 Å². The van der Waals surface area contributed by atoms with E-state index in [1.165, 1.54) is 25.9 Å². The molecule has 2 heterocycles. The molecule has 0 aromatic heterocycles. The molecule has 2 saturated heterocycles. The minimum absolute atomic E-state index is 0.486. The normalized spacial score (nSPS) is 34.1. The highest BCUT2D eigenvalue weighted by molar-refractivity contribution is 4.87. The van der Waals surface area contributed by atoms with E-state index < -0.39 is 5.60 Å². The molecule has 0 spiro atoms. The summed E-state index contributed by atoms with van der Waals surface area (Å²) in [5.41, 5.74) is -0.625. The van der Waals surface area contributed by atoms with Crippen molar-refractivity contribution in [2.24, 2.45) is 5.92 Å². The minimum atomic E-state index is -0.625. The highest BCUT2D eigenvalue weighted by Gasteiger charge is 2.33. The number of hydrogen-bond donors (Lipinski definition) is 2. The third kappa shape index (κ3) is 3.65. The first-order valence-corrected chi connectivity index (χ1v) is 6.81. The van der Waals surface area contributed by atoms with Crippen LogP contribution in [0, 0.1) is 5.92 Å². The molecule has 0 bridgehead atoms. The van der Waals surface area contributed by atoms with Gasteiger partial charge in [0.05, 0.1) is 6.61 Å². The lowest BCUT2D eigenvalue weighted by Crippen LogP contribution is -2.48. The first kappa shape index (κ1) is 13.3. The van der Waals surface area contributed by atoms with Gasteiger partial charge in [-0.15, -0.1) is 0 Å². The van der Waals surface area contributed by atoms with E-state index in [1.54, 1.807) is 0 Å². The first-order valence-electron chi connectivity index (χ1n) is 6.81. The summed E-state index contributed by atoms with van der Waals surface area (Å²) in [4.78, 5) is 2.39. The quantitative estimate of drug-likeness (QED) is 0.752. The molecule has 0 saturated carbocycles. The fraction of sp³-hybridized carbons (Fsp3) is 1.00. The molecule has 4 nitrogen and oxygen atoms in total. The van der Waals surface area contributed by atoms with Gasteiger partial charge in [0.2, 0.25) is 0 Å². The van der Waals surface area contributed by atoms with E-state index in [0.717, 1.165) is 12.3 Å². The van der Waals surface area contributed by atoms with Crippen LogP contribution in [0.3, 0.4) is 0 Å². The fourth-order valence-corrected chi connectivity index (χ4v) is 2.78. The van der Waals surface area contributed by atoms with Crippen molar-refractivity contribution in [2.75, 3.05) is 39.9 Å². The van der Waals surface area contributed by atoms with Crippen LogP contribution in [0.15, 0.2) is 0 Å². The highest BCUT2D eigenvalue weighted by Crippen LogP contribution is 2.21. The zero-order valence-corrected chi connectivity index (χ0v) is 11.1. The number of piperidine rings is 1. The van der Waals surface area contributed by atoms with Crippen molar-refractivity contribution in [2.45, 2.75) is 37.8 Å². The highest BCUT2D eigenvalue weighted by atomic mass is 16.5. The smallest absolute Gasteiger partial charge is 0.102 e. The van der Waals surface area contributed by atoms with Crippen molar-refractivity contribution in [3.63, 3.8) is 0 Å². The maximum atomic E-state index is 10.2. The zero-order valence-electron chi connectivity index (χ0n) is 11.1. The Kier molecular flexibility index (Phi) is 4.42. The Bertz CT molecular complexity index is 234. The number of rotatable bonds is 4. The van der Waals surface area contributed by atoms with Crippen molar-refractivity contribution in [3.05, 3.63) is 0 Å². The number of likely N-dealkylation sites (tertiary alicyclic amines) is 1. The van der Waals surface area contributed by atoms with Gasteiger partial charge in [0.1, 0.15) is 5.60 Å². The van der Waals surface area contributed by atoms with Gasteiger partial charge in [-0.1, -0.05) is 0 Å². The Balaban J connectivity index is 1.71. The van der Waals surface area contributed by atoms with E-state index in [2.05, 4.69) is 24.2 Å². The molecule has 0 amide bonds. The molecular weight excluding hydrogens is 216 g/mol. The molecule has 2 atom stereocenters. The minimum Gasteiger partial charge on any atom is -0.386 e. The lowest BCUT2D eigenvalue weighted by atomic mass is 9.90. The SMILES string of the molecule is CC(NCC1(O)CCOC1)C1CCN(C)CC1. The molecule has 0 aromatic rings. The van der Waals surface area contributed by atoms with Gasteiger partial charge in [-0.05, 0) is 45.8 Å². The lowest BCUT2D eigenvalue weighted by Gasteiger charge is -2.34. The third-order valence-corrected chi connectivity index (χ3v) is 4.31. The van der Waals surface area contributed by atoms with Crippen LogP contribution >= 0.6 is 0 Å². The van der Waals surface area contributed by atoms with E-state index in [9.17, 15) is 5.11 Å². The van der Waals surface area contributed by atoms with Gasteiger partial charge in [-0.2, -0.15) is 0 Å². The molecule has 2 aliphatic heterocycles. The molecule has 100 valence electrons. The van der Waals surface area contributed by atoms with E-state index >= 15 is 0 Å². The molecular formula is C13H26N2O2. The molecule has 2 unspecified atom stereocenters. The summed E-state index contributed by atoms with van der Waals surface area (Å²) in [7, 11) is 2.19. The van der Waals surface area contributed by atoms with E-state index in [4.69, 9.17) is 4.74 Å². The molecule has 2 aliphatic rings. The maximum Gasteiger partial charge on any atom is 0.102 e. The predicted molar refractivity (Wildman–Crippen MR) is 68.1 cm³/mol. The molecule has 2 N–H and O–H groups in total. The Morgan fingerprint density at radius 3 is 2.76 bits per heavy atom. The Morgan fingerprint density at radius 1 is 1.47 bits per heavy atom. The van der Waals surface area contributed by atoms with E-state index in [0.29, 0.717) is 25.8 Å². The number of ether oxygens (including phenoxy) is 1. The van der Waals surface area contributed by atoms with Crippen LogP contribution in [0.2, 0.25) is 0 Å². The van der Waals surface area contributed by atoms with Crippen LogP contribution in [0.5, 0.6) is 0 Å². The van der Waals surface area contributed by atoms with Crippen molar-refractivity contribution < 1.29 is 9.84 Å². The largest absolute Gasteiger partial charge is 0.386 e. The molecule has 17 heavy (non-hydrogen) atoms. The molecule has 4 heteroatoms. The van der Waals surface area contributed by atoms with Gasteiger partial charge < -0.3 is 20.1 Å². The maximum absolute atomic E-state index is 10.2. The monoisotopic (exact) mass is 242 g/mol. The summed E-state index contributed by atoms with van der Waals surface area (Å²) in [5, 5.41) is 13.7. The second-order valence-electron chi connectivity index (χ2n) is 5.84. The third-order valence-electron chi connectivity index (χ3n) is 4.31. The number of nitrogens with one attached hydrogen (secondary N) is 1. The second kappa shape index (κ2) is 5.65. The average molecular weight is 242 g/mol. The van der Waals surface area contributed by atoms with Crippen LogP contribution in [0.25, 0.3) is 0 Å². The summed E-state index contributed by atoms with van der Waals surface area (Å²) in [5.74, 6) is 0.747. The first-order chi connectivity index (χ1) is 8.09. The summed E-state index contributed by atoms with van der Waals surface area (Å²) in [6, 6.07) is 0.494. The van der Waals surface area contributed by atoms with E-state index in [1.807, 2.05) is 0 Å². The Hall–Kier alpha value is -0.160. The standard InChI is InChI=1S/C13H26N2O2/c1-11(12-3-6-15(2)7-4-12)14-9-13(16)5-8-17-10-13/h11-12,14,16H,3-10H2,1-2H3. The molecule has 2 fully saturated rings. The van der Waals surface area contributed by atoms with Crippen LogP contribution < -0.4 is 5.32 Å². The van der Waals surface area contributed by atoms with E-state index in [-0.39, 0.29) is 0 Å². The summed E-state index contributed by atoms with van der Waals surface area (Å²) in [6.45, 7) is 6.49. The van der Waals surface area contributed by atoms with Gasteiger partial charge in [0, 0.05) is 25.6 Å². The average Bonchev–Trinajstić information content (AvgIpc) is 2.75. The molecule has 0 aromatic carbocycles. The van der Waals surface area contributed by atoms with Crippen LogP contribution in [0.4, 0.5) is 0 Å². The number of hydrogen-bond acceptors (Lipinski definition) is 4. The molecule has 0 aliphatic carbocycles. The summed E-state index contributed by atoms with van der Waals surface area (Å²) < 4.78 is 5.26. The topological polar surface area (TPSA) is 44.7 Å². The van der Waals surface area contributed by atoms with Crippen molar-refractivity contribution >= 4 is 0 Å². The lowest BCUT2D eigenvalue weighted by molar-refractivity contribution is 0.0224. The summed E-state index contributed by atoms with van der Waals surface area (Å²) in [6.07, 6.45) is 3.29.